The highest BCUT2D eigenvalue weighted by Crippen LogP contribution is 2.60. The van der Waals surface area contributed by atoms with Crippen molar-refractivity contribution in [1.82, 2.24) is 0 Å². The van der Waals surface area contributed by atoms with E-state index in [-0.39, 0.29) is 17.1 Å². The molecule has 2 rings (SSSR count). The van der Waals surface area contributed by atoms with Crippen molar-refractivity contribution < 1.29 is 23.9 Å². The molecule has 0 aromatic rings. The third-order valence-electron chi connectivity index (χ3n) is 4.51. The molecule has 0 amide bonds. The molecule has 2 atom stereocenters. The number of methoxy groups -OCH3 is 2. The van der Waals surface area contributed by atoms with Gasteiger partial charge in [0.05, 0.1) is 14.2 Å². The maximum atomic E-state index is 12.0. The summed E-state index contributed by atoms with van der Waals surface area (Å²) in [7, 11) is 2.54. The average molecular weight is 254 g/mol. The zero-order valence-corrected chi connectivity index (χ0v) is 10.9. The number of fused-ring (bicyclic) bond motifs is 1. The minimum atomic E-state index is -1.22. The second kappa shape index (κ2) is 4.07. The molecule has 2 unspecified atom stereocenters. The highest BCUT2D eigenvalue weighted by molar-refractivity contribution is 6.01. The van der Waals surface area contributed by atoms with Crippen LogP contribution in [0.3, 0.4) is 0 Å². The number of ketones is 1. The Hall–Kier alpha value is -1.39. The van der Waals surface area contributed by atoms with Crippen molar-refractivity contribution in [3.63, 3.8) is 0 Å². The van der Waals surface area contributed by atoms with Gasteiger partial charge >= 0.3 is 11.9 Å². The molecular formula is C13H18O5. The van der Waals surface area contributed by atoms with E-state index in [0.717, 1.165) is 0 Å². The van der Waals surface area contributed by atoms with Crippen LogP contribution < -0.4 is 0 Å². The Morgan fingerprint density at radius 2 is 1.78 bits per heavy atom. The molecule has 100 valence electrons. The van der Waals surface area contributed by atoms with Crippen LogP contribution in [0.5, 0.6) is 0 Å². The van der Waals surface area contributed by atoms with Gasteiger partial charge in [0.2, 0.25) is 0 Å². The summed E-state index contributed by atoms with van der Waals surface area (Å²) in [6.45, 7) is 1.97. The molecular weight excluding hydrogens is 236 g/mol. The second-order valence-corrected chi connectivity index (χ2v) is 5.72. The molecule has 0 bridgehead atoms. The van der Waals surface area contributed by atoms with Crippen molar-refractivity contribution >= 4 is 17.7 Å². The molecule has 5 nitrogen and oxygen atoms in total. The third kappa shape index (κ3) is 1.64. The molecule has 0 aromatic carbocycles. The van der Waals surface area contributed by atoms with Gasteiger partial charge in [-0.15, -0.1) is 0 Å². The van der Waals surface area contributed by atoms with Crippen molar-refractivity contribution in [2.75, 3.05) is 14.2 Å². The Morgan fingerprint density at radius 3 is 2.22 bits per heavy atom. The summed E-state index contributed by atoms with van der Waals surface area (Å²) < 4.78 is 9.55. The molecule has 0 spiro atoms. The lowest BCUT2D eigenvalue weighted by molar-refractivity contribution is -0.169. The smallest absolute Gasteiger partial charge is 0.323 e. The van der Waals surface area contributed by atoms with E-state index < -0.39 is 17.4 Å². The summed E-state index contributed by atoms with van der Waals surface area (Å²) in [6.07, 6.45) is 1.59. The fourth-order valence-electron chi connectivity index (χ4n) is 3.68. The molecule has 5 heteroatoms. The van der Waals surface area contributed by atoms with Gasteiger partial charge in [0, 0.05) is 12.8 Å². The van der Waals surface area contributed by atoms with Crippen molar-refractivity contribution in [2.45, 2.75) is 32.6 Å². The lowest BCUT2D eigenvalue weighted by atomic mass is 9.79. The van der Waals surface area contributed by atoms with Crippen LogP contribution >= 0.6 is 0 Å². The lowest BCUT2D eigenvalue weighted by Crippen LogP contribution is -2.40. The topological polar surface area (TPSA) is 69.7 Å². The van der Waals surface area contributed by atoms with E-state index in [9.17, 15) is 14.4 Å². The summed E-state index contributed by atoms with van der Waals surface area (Å²) in [6, 6.07) is 0. The molecule has 2 fully saturated rings. The fraction of sp³-hybridized carbons (Fsp3) is 0.769. The first-order valence-corrected chi connectivity index (χ1v) is 6.06. The summed E-state index contributed by atoms with van der Waals surface area (Å²) in [5.41, 5.74) is -1.50. The summed E-state index contributed by atoms with van der Waals surface area (Å²) in [5, 5.41) is 0. The molecule has 0 aliphatic heterocycles. The molecule has 2 aliphatic carbocycles. The van der Waals surface area contributed by atoms with Crippen LogP contribution in [0, 0.1) is 16.7 Å². The summed E-state index contributed by atoms with van der Waals surface area (Å²) in [4.78, 5) is 35.5. The first-order valence-electron chi connectivity index (χ1n) is 6.06. The fourth-order valence-corrected chi connectivity index (χ4v) is 3.68. The van der Waals surface area contributed by atoms with Gasteiger partial charge in [-0.05, 0) is 24.2 Å². The third-order valence-corrected chi connectivity index (χ3v) is 4.51. The van der Waals surface area contributed by atoms with E-state index in [0.29, 0.717) is 25.7 Å². The van der Waals surface area contributed by atoms with E-state index in [1.54, 1.807) is 0 Å². The van der Waals surface area contributed by atoms with Crippen LogP contribution in [0.2, 0.25) is 0 Å². The predicted molar refractivity (Wildman–Crippen MR) is 61.5 cm³/mol. The largest absolute Gasteiger partial charge is 0.468 e. The minimum Gasteiger partial charge on any atom is -0.468 e. The van der Waals surface area contributed by atoms with E-state index in [1.165, 1.54) is 14.2 Å². The van der Waals surface area contributed by atoms with Gasteiger partial charge < -0.3 is 9.47 Å². The normalized spacial score (nSPS) is 33.1. The van der Waals surface area contributed by atoms with Crippen molar-refractivity contribution in [2.24, 2.45) is 16.7 Å². The van der Waals surface area contributed by atoms with Gasteiger partial charge in [-0.25, -0.2) is 0 Å². The zero-order chi connectivity index (χ0) is 13.6. The monoisotopic (exact) mass is 254 g/mol. The second-order valence-electron chi connectivity index (χ2n) is 5.72. The van der Waals surface area contributed by atoms with E-state index in [1.807, 2.05) is 6.92 Å². The van der Waals surface area contributed by atoms with Crippen LogP contribution in [0.1, 0.15) is 32.6 Å². The van der Waals surface area contributed by atoms with Gasteiger partial charge in [0.15, 0.2) is 5.41 Å². The first-order chi connectivity index (χ1) is 8.38. The number of esters is 2. The Labute approximate surface area is 106 Å². The number of rotatable bonds is 2. The van der Waals surface area contributed by atoms with Crippen molar-refractivity contribution in [1.29, 1.82) is 0 Å². The maximum Gasteiger partial charge on any atom is 0.323 e. The Balaban J connectivity index is 2.34. The molecule has 0 N–H and O–H groups in total. The highest BCUT2D eigenvalue weighted by Gasteiger charge is 2.64. The van der Waals surface area contributed by atoms with Crippen molar-refractivity contribution in [3.05, 3.63) is 0 Å². The molecule has 0 heterocycles. The van der Waals surface area contributed by atoms with Crippen LogP contribution in [-0.4, -0.2) is 31.9 Å². The molecule has 18 heavy (non-hydrogen) atoms. The quantitative estimate of drug-likeness (QED) is 0.545. The summed E-state index contributed by atoms with van der Waals surface area (Å²) >= 11 is 0. The molecule has 0 radical (unpaired) electrons. The molecule has 0 saturated heterocycles. The average Bonchev–Trinajstić information content (AvgIpc) is 2.75. The van der Waals surface area contributed by atoms with E-state index in [2.05, 4.69) is 0 Å². The number of Topliss-reactive ketones (excluding diaryl/α,β-unsaturated/α-hetero) is 1. The minimum absolute atomic E-state index is 0.0724. The maximum absolute atomic E-state index is 12.0. The van der Waals surface area contributed by atoms with Gasteiger partial charge in [0.25, 0.3) is 0 Å². The van der Waals surface area contributed by atoms with E-state index >= 15 is 0 Å². The SMILES string of the molecule is COC(=O)C1(C(=O)OC)CC2CC(=O)CC2(C)C1. The Bertz CT molecular complexity index is 398. The number of ether oxygens (including phenoxy) is 2. The number of hydrogen-bond acceptors (Lipinski definition) is 5. The predicted octanol–water partition coefficient (Wildman–Crippen LogP) is 1.10. The van der Waals surface area contributed by atoms with Crippen molar-refractivity contribution in [3.8, 4) is 0 Å². The molecule has 2 saturated carbocycles. The molecule has 0 aromatic heterocycles. The standard InChI is InChI=1S/C13H18O5/c1-12-6-9(14)4-8(12)5-13(7-12,10(15)17-2)11(16)18-3/h8H,4-7H2,1-3H3. The van der Waals surface area contributed by atoms with Gasteiger partial charge in [-0.2, -0.15) is 0 Å². The van der Waals surface area contributed by atoms with Gasteiger partial charge in [-0.1, -0.05) is 6.92 Å². The highest BCUT2D eigenvalue weighted by atomic mass is 16.5. The number of carbonyl (C=O) groups excluding carboxylic acids is 3. The zero-order valence-electron chi connectivity index (χ0n) is 10.9. The Morgan fingerprint density at radius 1 is 1.22 bits per heavy atom. The summed E-state index contributed by atoms with van der Waals surface area (Å²) in [5.74, 6) is -0.802. The van der Waals surface area contributed by atoms with Gasteiger partial charge in [0.1, 0.15) is 5.78 Å². The van der Waals surface area contributed by atoms with E-state index in [4.69, 9.17) is 9.47 Å². The van der Waals surface area contributed by atoms with Crippen LogP contribution in [0.15, 0.2) is 0 Å². The number of hydrogen-bond donors (Lipinski definition) is 0. The Kier molecular flexibility index (Phi) is 2.95. The van der Waals surface area contributed by atoms with Crippen LogP contribution in [0.4, 0.5) is 0 Å². The first kappa shape index (κ1) is 13.1. The van der Waals surface area contributed by atoms with Crippen LogP contribution in [0.25, 0.3) is 0 Å². The molecule has 2 aliphatic rings. The lowest BCUT2D eigenvalue weighted by Gasteiger charge is -2.26. The van der Waals surface area contributed by atoms with Gasteiger partial charge in [-0.3, -0.25) is 14.4 Å². The van der Waals surface area contributed by atoms with Crippen LogP contribution in [-0.2, 0) is 23.9 Å². The number of carbonyl (C=O) groups is 3.